The Morgan fingerprint density at radius 2 is 2.00 bits per heavy atom. The number of amides is 1. The van der Waals surface area contributed by atoms with E-state index in [-0.39, 0.29) is 21.9 Å². The summed E-state index contributed by atoms with van der Waals surface area (Å²) < 4.78 is 29.0. The molecule has 0 aliphatic carbocycles. The largest absolute Gasteiger partial charge is 0.434 e. The van der Waals surface area contributed by atoms with E-state index in [2.05, 4.69) is 10.1 Å². The lowest BCUT2D eigenvalue weighted by Gasteiger charge is -2.11. The number of rotatable bonds is 4. The summed E-state index contributed by atoms with van der Waals surface area (Å²) in [5.74, 6) is -0.855. The number of para-hydroxylation sites is 1. The van der Waals surface area contributed by atoms with Crippen LogP contribution in [0.25, 0.3) is 0 Å². The summed E-state index contributed by atoms with van der Waals surface area (Å²) in [6.45, 7) is -3.03. The van der Waals surface area contributed by atoms with Gasteiger partial charge in [-0.25, -0.2) is 0 Å². The Morgan fingerprint density at radius 1 is 1.27 bits per heavy atom. The molecule has 0 heterocycles. The molecule has 0 radical (unpaired) electrons. The van der Waals surface area contributed by atoms with Gasteiger partial charge < -0.3 is 10.1 Å². The van der Waals surface area contributed by atoms with Gasteiger partial charge in [0.2, 0.25) is 0 Å². The van der Waals surface area contributed by atoms with E-state index in [1.165, 1.54) is 42.5 Å². The monoisotopic (exact) mass is 322 g/mol. The van der Waals surface area contributed by atoms with Crippen molar-refractivity contribution in [2.75, 3.05) is 5.32 Å². The first-order valence-corrected chi connectivity index (χ1v) is 6.44. The SMILES string of the molecule is N#Cc1ccc(NC(=O)c2ccccc2OC(F)F)cc1Cl. The molecule has 4 nitrogen and oxygen atoms in total. The Bertz CT molecular complexity index is 745. The number of nitrogens with zero attached hydrogens (tertiary/aromatic N) is 1. The maximum Gasteiger partial charge on any atom is 0.387 e. The standard InChI is InChI=1S/C15H9ClF2N2O2/c16-12-7-10(6-5-9(12)8-19)20-14(21)11-3-1-2-4-13(11)22-15(17)18/h1-7,15H,(H,20,21). The van der Waals surface area contributed by atoms with Gasteiger partial charge in [-0.15, -0.1) is 0 Å². The highest BCUT2D eigenvalue weighted by molar-refractivity contribution is 6.32. The smallest absolute Gasteiger partial charge is 0.387 e. The number of carbonyl (C=O) groups is 1. The van der Waals surface area contributed by atoms with Gasteiger partial charge in [0, 0.05) is 5.69 Å². The fourth-order valence-electron chi connectivity index (χ4n) is 1.73. The molecular formula is C15H9ClF2N2O2. The topological polar surface area (TPSA) is 62.1 Å². The Kier molecular flexibility index (Phi) is 4.92. The van der Waals surface area contributed by atoms with Crippen molar-refractivity contribution in [3.05, 3.63) is 58.6 Å². The van der Waals surface area contributed by atoms with Crippen LogP contribution in [0.2, 0.25) is 5.02 Å². The van der Waals surface area contributed by atoms with Crippen LogP contribution in [0.3, 0.4) is 0 Å². The molecule has 2 aromatic carbocycles. The summed E-state index contributed by atoms with van der Waals surface area (Å²) in [6, 6.07) is 11.9. The molecular weight excluding hydrogens is 314 g/mol. The van der Waals surface area contributed by atoms with E-state index in [0.29, 0.717) is 5.69 Å². The number of nitrogens with one attached hydrogen (secondary N) is 1. The molecule has 2 rings (SSSR count). The number of alkyl halides is 2. The van der Waals surface area contributed by atoms with Crippen LogP contribution < -0.4 is 10.1 Å². The van der Waals surface area contributed by atoms with Crippen molar-refractivity contribution in [1.29, 1.82) is 5.26 Å². The van der Waals surface area contributed by atoms with Gasteiger partial charge in [0.1, 0.15) is 11.8 Å². The number of benzene rings is 2. The van der Waals surface area contributed by atoms with Gasteiger partial charge in [-0.2, -0.15) is 14.0 Å². The predicted molar refractivity (Wildman–Crippen MR) is 77.2 cm³/mol. The third-order valence-corrected chi connectivity index (χ3v) is 3.01. The predicted octanol–water partition coefficient (Wildman–Crippen LogP) is 4.07. The van der Waals surface area contributed by atoms with Crippen LogP contribution >= 0.6 is 11.6 Å². The number of hydrogen-bond acceptors (Lipinski definition) is 3. The number of halogens is 3. The van der Waals surface area contributed by atoms with Gasteiger partial charge in [-0.05, 0) is 30.3 Å². The highest BCUT2D eigenvalue weighted by Crippen LogP contribution is 2.24. The van der Waals surface area contributed by atoms with Crippen LogP contribution in [0.5, 0.6) is 5.75 Å². The number of nitriles is 1. The maximum absolute atomic E-state index is 12.3. The minimum atomic E-state index is -3.03. The lowest BCUT2D eigenvalue weighted by atomic mass is 10.1. The first-order chi connectivity index (χ1) is 10.5. The number of anilines is 1. The molecule has 0 unspecified atom stereocenters. The van der Waals surface area contributed by atoms with Crippen LogP contribution in [-0.4, -0.2) is 12.5 Å². The van der Waals surface area contributed by atoms with Gasteiger partial charge in [0.25, 0.3) is 5.91 Å². The van der Waals surface area contributed by atoms with Gasteiger partial charge in [0.05, 0.1) is 16.1 Å². The lowest BCUT2D eigenvalue weighted by molar-refractivity contribution is -0.0501. The molecule has 112 valence electrons. The lowest BCUT2D eigenvalue weighted by Crippen LogP contribution is -2.15. The zero-order chi connectivity index (χ0) is 16.1. The second-order valence-corrected chi connectivity index (χ2v) is 4.54. The summed E-state index contributed by atoms with van der Waals surface area (Å²) >= 11 is 5.86. The summed E-state index contributed by atoms with van der Waals surface area (Å²) in [4.78, 5) is 12.1. The highest BCUT2D eigenvalue weighted by atomic mass is 35.5. The molecule has 1 amide bonds. The zero-order valence-electron chi connectivity index (χ0n) is 11.0. The molecule has 0 saturated heterocycles. The van der Waals surface area contributed by atoms with E-state index in [4.69, 9.17) is 16.9 Å². The van der Waals surface area contributed by atoms with Crippen LogP contribution in [0.15, 0.2) is 42.5 Å². The van der Waals surface area contributed by atoms with Crippen LogP contribution in [0.1, 0.15) is 15.9 Å². The molecule has 0 spiro atoms. The molecule has 0 aliphatic rings. The van der Waals surface area contributed by atoms with E-state index < -0.39 is 12.5 Å². The van der Waals surface area contributed by atoms with Gasteiger partial charge >= 0.3 is 6.61 Å². The summed E-state index contributed by atoms with van der Waals surface area (Å²) in [5, 5.41) is 11.5. The maximum atomic E-state index is 12.3. The Morgan fingerprint density at radius 3 is 2.64 bits per heavy atom. The zero-order valence-corrected chi connectivity index (χ0v) is 11.8. The van der Waals surface area contributed by atoms with E-state index >= 15 is 0 Å². The third-order valence-electron chi connectivity index (χ3n) is 2.70. The molecule has 22 heavy (non-hydrogen) atoms. The molecule has 0 saturated carbocycles. The van der Waals surface area contributed by atoms with Crippen LogP contribution in [0, 0.1) is 11.3 Å². The summed E-state index contributed by atoms with van der Waals surface area (Å²) in [5.41, 5.74) is 0.560. The molecule has 0 bridgehead atoms. The number of carbonyl (C=O) groups excluding carboxylic acids is 1. The van der Waals surface area contributed by atoms with Gasteiger partial charge in [0.15, 0.2) is 0 Å². The van der Waals surface area contributed by atoms with E-state index in [9.17, 15) is 13.6 Å². The van der Waals surface area contributed by atoms with Crippen molar-refractivity contribution in [2.45, 2.75) is 6.61 Å². The molecule has 0 aromatic heterocycles. The van der Waals surface area contributed by atoms with Crippen molar-refractivity contribution >= 4 is 23.2 Å². The van der Waals surface area contributed by atoms with Crippen molar-refractivity contribution in [1.82, 2.24) is 0 Å². The molecule has 0 atom stereocenters. The minimum absolute atomic E-state index is 0.0386. The third kappa shape index (κ3) is 3.71. The van der Waals surface area contributed by atoms with E-state index in [1.54, 1.807) is 0 Å². The van der Waals surface area contributed by atoms with E-state index in [1.807, 2.05) is 6.07 Å². The minimum Gasteiger partial charge on any atom is -0.434 e. The van der Waals surface area contributed by atoms with Crippen LogP contribution in [-0.2, 0) is 0 Å². The Hall–Kier alpha value is -2.65. The normalized spacial score (nSPS) is 10.1. The molecule has 2 aromatic rings. The van der Waals surface area contributed by atoms with Crippen molar-refractivity contribution in [3.8, 4) is 11.8 Å². The number of hydrogen-bond donors (Lipinski definition) is 1. The molecule has 0 aliphatic heterocycles. The van der Waals surface area contributed by atoms with Crippen molar-refractivity contribution in [2.24, 2.45) is 0 Å². The second-order valence-electron chi connectivity index (χ2n) is 4.14. The second kappa shape index (κ2) is 6.87. The van der Waals surface area contributed by atoms with Crippen molar-refractivity contribution in [3.63, 3.8) is 0 Å². The van der Waals surface area contributed by atoms with Crippen molar-refractivity contribution < 1.29 is 18.3 Å². The fraction of sp³-hybridized carbons (Fsp3) is 0.0667. The Balaban J connectivity index is 2.23. The molecule has 0 fully saturated rings. The quantitative estimate of drug-likeness (QED) is 0.923. The molecule has 1 N–H and O–H groups in total. The average Bonchev–Trinajstić information content (AvgIpc) is 2.47. The Labute approximate surface area is 129 Å². The average molecular weight is 323 g/mol. The summed E-state index contributed by atoms with van der Waals surface area (Å²) in [7, 11) is 0. The van der Waals surface area contributed by atoms with Gasteiger partial charge in [-0.3, -0.25) is 4.79 Å². The first-order valence-electron chi connectivity index (χ1n) is 6.06. The van der Waals surface area contributed by atoms with Crippen LogP contribution in [0.4, 0.5) is 14.5 Å². The van der Waals surface area contributed by atoms with E-state index in [0.717, 1.165) is 0 Å². The fourth-order valence-corrected chi connectivity index (χ4v) is 1.96. The first kappa shape index (κ1) is 15.7. The molecule has 7 heteroatoms. The highest BCUT2D eigenvalue weighted by Gasteiger charge is 2.15. The number of ether oxygens (including phenoxy) is 1. The summed E-state index contributed by atoms with van der Waals surface area (Å²) in [6.07, 6.45) is 0. The van der Waals surface area contributed by atoms with Gasteiger partial charge in [-0.1, -0.05) is 23.7 Å².